The summed E-state index contributed by atoms with van der Waals surface area (Å²) in [5.74, 6) is -0.0237. The predicted molar refractivity (Wildman–Crippen MR) is 105 cm³/mol. The molecule has 134 valence electrons. The molecule has 1 N–H and O–H groups in total. The fourth-order valence-electron chi connectivity index (χ4n) is 2.98. The van der Waals surface area contributed by atoms with Crippen molar-refractivity contribution in [2.24, 2.45) is 0 Å². The zero-order chi connectivity index (χ0) is 18.8. The largest absolute Gasteiger partial charge is 0.343 e. The average Bonchev–Trinajstić information content (AvgIpc) is 2.58. The molecule has 0 radical (unpaired) electrons. The van der Waals surface area contributed by atoms with E-state index in [2.05, 4.69) is 50.0 Å². The van der Waals surface area contributed by atoms with Gasteiger partial charge in [0.25, 0.3) is 5.91 Å². The van der Waals surface area contributed by atoms with Crippen LogP contribution in [0.25, 0.3) is 0 Å². The minimum Gasteiger partial charge on any atom is -0.343 e. The van der Waals surface area contributed by atoms with Gasteiger partial charge in [0.2, 0.25) is 0 Å². The van der Waals surface area contributed by atoms with Crippen molar-refractivity contribution in [1.82, 2.24) is 10.2 Å². The Kier molecular flexibility index (Phi) is 5.69. The Labute approximate surface area is 152 Å². The number of benzene rings is 2. The molecule has 25 heavy (non-hydrogen) atoms. The third-order valence-electron chi connectivity index (χ3n) is 5.57. The number of hydrogen-bond donors (Lipinski definition) is 1. The van der Waals surface area contributed by atoms with Crippen LogP contribution < -0.4 is 5.32 Å². The molecule has 1 unspecified atom stereocenters. The van der Waals surface area contributed by atoms with Crippen molar-refractivity contribution in [2.75, 3.05) is 14.1 Å². The zero-order valence-corrected chi connectivity index (χ0v) is 16.5. The van der Waals surface area contributed by atoms with Gasteiger partial charge in [-0.1, -0.05) is 36.4 Å². The first-order valence-corrected chi connectivity index (χ1v) is 8.76. The standard InChI is InChI=1S/C22H30N2O/c1-15-13-14-19(17(3)16(15)2)21(25)23-20(22(4,5)24(6)7)18-11-9-8-10-12-18/h8-14,20H,1-7H3,(H,23,25). The monoisotopic (exact) mass is 338 g/mol. The summed E-state index contributed by atoms with van der Waals surface area (Å²) in [6.07, 6.45) is 0. The van der Waals surface area contributed by atoms with E-state index >= 15 is 0 Å². The van der Waals surface area contributed by atoms with Gasteiger partial charge in [-0.2, -0.15) is 0 Å². The van der Waals surface area contributed by atoms with Crippen molar-refractivity contribution < 1.29 is 4.79 Å². The van der Waals surface area contributed by atoms with Gasteiger partial charge in [0, 0.05) is 11.1 Å². The van der Waals surface area contributed by atoms with Crippen molar-refractivity contribution in [1.29, 1.82) is 0 Å². The van der Waals surface area contributed by atoms with Crippen LogP contribution in [0.5, 0.6) is 0 Å². The van der Waals surface area contributed by atoms with E-state index in [4.69, 9.17) is 0 Å². The van der Waals surface area contributed by atoms with Crippen LogP contribution in [0.3, 0.4) is 0 Å². The molecule has 3 heteroatoms. The van der Waals surface area contributed by atoms with Crippen molar-refractivity contribution in [2.45, 2.75) is 46.2 Å². The molecule has 0 aromatic heterocycles. The van der Waals surface area contributed by atoms with Gasteiger partial charge in [-0.05, 0) is 77.0 Å². The highest BCUT2D eigenvalue weighted by Crippen LogP contribution is 2.30. The van der Waals surface area contributed by atoms with Crippen molar-refractivity contribution >= 4 is 5.91 Å². The first-order chi connectivity index (χ1) is 11.7. The maximum atomic E-state index is 13.1. The number of amides is 1. The van der Waals surface area contributed by atoms with Gasteiger partial charge in [0.15, 0.2) is 0 Å². The Balaban J connectivity index is 2.41. The van der Waals surface area contributed by atoms with Gasteiger partial charge in [-0.3, -0.25) is 4.79 Å². The Morgan fingerprint density at radius 3 is 2.12 bits per heavy atom. The van der Waals surface area contributed by atoms with Gasteiger partial charge in [0.1, 0.15) is 0 Å². The number of carbonyl (C=O) groups is 1. The smallest absolute Gasteiger partial charge is 0.252 e. The molecule has 0 bridgehead atoms. The lowest BCUT2D eigenvalue weighted by atomic mass is 9.87. The van der Waals surface area contributed by atoms with E-state index in [0.717, 1.165) is 16.7 Å². The summed E-state index contributed by atoms with van der Waals surface area (Å²) < 4.78 is 0. The van der Waals surface area contributed by atoms with Crippen LogP contribution in [0.4, 0.5) is 0 Å². The first kappa shape index (κ1) is 19.2. The quantitative estimate of drug-likeness (QED) is 0.875. The van der Waals surface area contributed by atoms with Gasteiger partial charge < -0.3 is 10.2 Å². The van der Waals surface area contributed by atoms with E-state index in [9.17, 15) is 4.79 Å². The number of likely N-dealkylation sites (N-methyl/N-ethyl adjacent to an activating group) is 1. The molecular formula is C22H30N2O. The molecule has 1 amide bonds. The maximum absolute atomic E-state index is 13.1. The Morgan fingerprint density at radius 1 is 0.960 bits per heavy atom. The molecule has 0 aliphatic heterocycles. The van der Waals surface area contributed by atoms with Gasteiger partial charge in [-0.15, -0.1) is 0 Å². The number of aryl methyl sites for hydroxylation is 1. The van der Waals surface area contributed by atoms with E-state index in [-0.39, 0.29) is 17.5 Å². The van der Waals surface area contributed by atoms with E-state index < -0.39 is 0 Å². The van der Waals surface area contributed by atoms with Crippen LogP contribution in [0.2, 0.25) is 0 Å². The predicted octanol–water partition coefficient (Wildman–Crippen LogP) is 4.42. The van der Waals surface area contributed by atoms with Crippen LogP contribution in [-0.2, 0) is 0 Å². The molecule has 0 spiro atoms. The second-order valence-corrected chi connectivity index (χ2v) is 7.55. The van der Waals surface area contributed by atoms with Crippen LogP contribution >= 0.6 is 0 Å². The number of nitrogens with zero attached hydrogens (tertiary/aromatic N) is 1. The molecule has 0 saturated heterocycles. The Hall–Kier alpha value is -2.13. The molecule has 2 aromatic rings. The summed E-state index contributed by atoms with van der Waals surface area (Å²) in [6, 6.07) is 14.0. The minimum atomic E-state index is -0.231. The summed E-state index contributed by atoms with van der Waals surface area (Å²) in [5.41, 5.74) is 5.06. The average molecular weight is 338 g/mol. The number of carbonyl (C=O) groups excluding carboxylic acids is 1. The zero-order valence-electron chi connectivity index (χ0n) is 16.5. The molecule has 0 heterocycles. The molecular weight excluding hydrogens is 308 g/mol. The van der Waals surface area contributed by atoms with Crippen molar-refractivity contribution in [3.05, 3.63) is 70.3 Å². The summed E-state index contributed by atoms with van der Waals surface area (Å²) in [5, 5.41) is 3.28. The number of rotatable bonds is 5. The molecule has 2 rings (SSSR count). The van der Waals surface area contributed by atoms with Crippen LogP contribution in [0.15, 0.2) is 42.5 Å². The molecule has 1 atom stereocenters. The summed E-state index contributed by atoms with van der Waals surface area (Å²) >= 11 is 0. The minimum absolute atomic E-state index is 0.0237. The molecule has 0 saturated carbocycles. The second kappa shape index (κ2) is 7.40. The highest BCUT2D eigenvalue weighted by molar-refractivity contribution is 5.96. The number of hydrogen-bond acceptors (Lipinski definition) is 2. The number of nitrogens with one attached hydrogen (secondary N) is 1. The summed E-state index contributed by atoms with van der Waals surface area (Å²) in [7, 11) is 4.09. The maximum Gasteiger partial charge on any atom is 0.252 e. The summed E-state index contributed by atoms with van der Waals surface area (Å²) in [4.78, 5) is 15.2. The van der Waals surface area contributed by atoms with Gasteiger partial charge in [-0.25, -0.2) is 0 Å². The molecule has 3 nitrogen and oxygen atoms in total. The van der Waals surface area contributed by atoms with E-state index in [0.29, 0.717) is 0 Å². The SMILES string of the molecule is Cc1ccc(C(=O)NC(c2ccccc2)C(C)(C)N(C)C)c(C)c1C. The third-order valence-corrected chi connectivity index (χ3v) is 5.57. The fourth-order valence-corrected chi connectivity index (χ4v) is 2.98. The first-order valence-electron chi connectivity index (χ1n) is 8.76. The van der Waals surface area contributed by atoms with Crippen molar-refractivity contribution in [3.8, 4) is 0 Å². The van der Waals surface area contributed by atoms with Gasteiger partial charge >= 0.3 is 0 Å². The lowest BCUT2D eigenvalue weighted by Crippen LogP contribution is -2.50. The molecule has 0 fully saturated rings. The molecule has 0 aliphatic rings. The second-order valence-electron chi connectivity index (χ2n) is 7.55. The highest BCUT2D eigenvalue weighted by Gasteiger charge is 2.34. The van der Waals surface area contributed by atoms with E-state index in [1.54, 1.807) is 0 Å². The molecule has 2 aromatic carbocycles. The van der Waals surface area contributed by atoms with Crippen LogP contribution in [-0.4, -0.2) is 30.4 Å². The van der Waals surface area contributed by atoms with Crippen LogP contribution in [0.1, 0.15) is 52.5 Å². The highest BCUT2D eigenvalue weighted by atomic mass is 16.1. The Bertz CT molecular complexity index is 748. The van der Waals surface area contributed by atoms with Crippen LogP contribution in [0, 0.1) is 20.8 Å². The fraction of sp³-hybridized carbons (Fsp3) is 0.409. The van der Waals surface area contributed by atoms with Crippen molar-refractivity contribution in [3.63, 3.8) is 0 Å². The third kappa shape index (κ3) is 3.93. The summed E-state index contributed by atoms with van der Waals surface area (Å²) in [6.45, 7) is 10.5. The normalized spacial score (nSPS) is 13.0. The van der Waals surface area contributed by atoms with Gasteiger partial charge in [0.05, 0.1) is 6.04 Å². The topological polar surface area (TPSA) is 32.3 Å². The molecule has 0 aliphatic carbocycles. The van der Waals surface area contributed by atoms with E-state index in [1.165, 1.54) is 11.1 Å². The van der Waals surface area contributed by atoms with E-state index in [1.807, 2.05) is 51.4 Å². The Morgan fingerprint density at radius 2 is 1.56 bits per heavy atom. The lowest BCUT2D eigenvalue weighted by molar-refractivity contribution is 0.0839. The lowest BCUT2D eigenvalue weighted by Gasteiger charge is -2.41.